The molecule has 1 fully saturated rings. The van der Waals surface area contributed by atoms with E-state index in [4.69, 9.17) is 9.84 Å². The SMILES string of the molecule is Cc1nc(NCC2CCC(C(=O)O)O2)sc1C. The number of aryl methyl sites for hydroxylation is 2. The second-order valence-corrected chi connectivity index (χ2v) is 5.41. The van der Waals surface area contributed by atoms with E-state index in [2.05, 4.69) is 10.3 Å². The number of carbonyl (C=O) groups is 1. The van der Waals surface area contributed by atoms with Crippen molar-refractivity contribution in [3.63, 3.8) is 0 Å². The fraction of sp³-hybridized carbons (Fsp3) is 0.636. The quantitative estimate of drug-likeness (QED) is 0.859. The Balaban J connectivity index is 1.81. The number of nitrogens with zero attached hydrogens (tertiary/aromatic N) is 1. The topological polar surface area (TPSA) is 71.5 Å². The van der Waals surface area contributed by atoms with Crippen LogP contribution in [0.2, 0.25) is 0 Å². The highest BCUT2D eigenvalue weighted by atomic mass is 32.1. The Kier molecular flexibility index (Phi) is 3.63. The molecule has 5 nitrogen and oxygen atoms in total. The van der Waals surface area contributed by atoms with Crippen LogP contribution in [0.3, 0.4) is 0 Å². The van der Waals surface area contributed by atoms with E-state index in [-0.39, 0.29) is 6.10 Å². The van der Waals surface area contributed by atoms with Crippen LogP contribution < -0.4 is 5.32 Å². The lowest BCUT2D eigenvalue weighted by atomic mass is 10.2. The Morgan fingerprint density at radius 1 is 1.59 bits per heavy atom. The smallest absolute Gasteiger partial charge is 0.332 e. The molecule has 0 amide bonds. The van der Waals surface area contributed by atoms with Gasteiger partial charge >= 0.3 is 5.97 Å². The molecule has 2 N–H and O–H groups in total. The summed E-state index contributed by atoms with van der Waals surface area (Å²) in [4.78, 5) is 16.3. The van der Waals surface area contributed by atoms with Gasteiger partial charge in [0.25, 0.3) is 0 Å². The number of carboxylic acid groups (broad SMARTS) is 1. The van der Waals surface area contributed by atoms with E-state index in [9.17, 15) is 4.79 Å². The van der Waals surface area contributed by atoms with E-state index >= 15 is 0 Å². The fourth-order valence-corrected chi connectivity index (χ4v) is 2.61. The Bertz CT molecular complexity index is 399. The van der Waals surface area contributed by atoms with Crippen LogP contribution in [-0.4, -0.2) is 34.8 Å². The van der Waals surface area contributed by atoms with Crippen molar-refractivity contribution < 1.29 is 14.6 Å². The molecule has 2 heterocycles. The molecule has 0 radical (unpaired) electrons. The number of aliphatic carboxylic acids is 1. The maximum absolute atomic E-state index is 10.7. The molecule has 0 spiro atoms. The number of ether oxygens (including phenoxy) is 1. The molecule has 0 aromatic carbocycles. The van der Waals surface area contributed by atoms with Crippen LogP contribution in [0.1, 0.15) is 23.4 Å². The largest absolute Gasteiger partial charge is 0.479 e. The molecule has 94 valence electrons. The fourth-order valence-electron chi connectivity index (χ4n) is 1.79. The molecular weight excluding hydrogens is 240 g/mol. The molecule has 2 atom stereocenters. The Labute approximate surface area is 104 Å². The van der Waals surface area contributed by atoms with Crippen LogP contribution in [0.25, 0.3) is 0 Å². The predicted molar refractivity (Wildman–Crippen MR) is 65.6 cm³/mol. The van der Waals surface area contributed by atoms with Gasteiger partial charge in [-0.2, -0.15) is 0 Å². The molecular formula is C11H16N2O3S. The third-order valence-corrected chi connectivity index (χ3v) is 3.92. The summed E-state index contributed by atoms with van der Waals surface area (Å²) in [5.41, 5.74) is 1.04. The van der Waals surface area contributed by atoms with E-state index in [0.717, 1.165) is 17.2 Å². The normalized spacial score (nSPS) is 23.9. The molecule has 2 rings (SSSR count). The Morgan fingerprint density at radius 2 is 2.35 bits per heavy atom. The van der Waals surface area contributed by atoms with Gasteiger partial charge in [0.15, 0.2) is 11.2 Å². The van der Waals surface area contributed by atoms with Crippen molar-refractivity contribution >= 4 is 22.4 Å². The average molecular weight is 256 g/mol. The number of nitrogens with one attached hydrogen (secondary N) is 1. The molecule has 2 unspecified atom stereocenters. The monoisotopic (exact) mass is 256 g/mol. The van der Waals surface area contributed by atoms with Gasteiger partial charge in [-0.25, -0.2) is 9.78 Å². The minimum atomic E-state index is -0.867. The summed E-state index contributed by atoms with van der Waals surface area (Å²) in [6.45, 7) is 4.63. The third kappa shape index (κ3) is 2.95. The van der Waals surface area contributed by atoms with Gasteiger partial charge in [-0.05, 0) is 26.7 Å². The molecule has 1 aromatic heterocycles. The summed E-state index contributed by atoms with van der Waals surface area (Å²) in [5, 5.41) is 12.9. The number of rotatable bonds is 4. The minimum Gasteiger partial charge on any atom is -0.479 e. The van der Waals surface area contributed by atoms with Gasteiger partial charge in [-0.3, -0.25) is 0 Å². The van der Waals surface area contributed by atoms with Gasteiger partial charge in [-0.15, -0.1) is 11.3 Å². The first-order valence-corrected chi connectivity index (χ1v) is 6.44. The van der Waals surface area contributed by atoms with Crippen LogP contribution in [0.4, 0.5) is 5.13 Å². The molecule has 1 aliphatic rings. The summed E-state index contributed by atoms with van der Waals surface area (Å²) < 4.78 is 5.40. The van der Waals surface area contributed by atoms with Gasteiger partial charge in [0.2, 0.25) is 0 Å². The number of thiazole rings is 1. The maximum Gasteiger partial charge on any atom is 0.332 e. The van der Waals surface area contributed by atoms with Gasteiger partial charge < -0.3 is 15.2 Å². The maximum atomic E-state index is 10.7. The zero-order chi connectivity index (χ0) is 12.4. The molecule has 0 bridgehead atoms. The molecule has 0 aliphatic carbocycles. The highest BCUT2D eigenvalue weighted by molar-refractivity contribution is 7.15. The summed E-state index contributed by atoms with van der Waals surface area (Å²) in [7, 11) is 0. The lowest BCUT2D eigenvalue weighted by Gasteiger charge is -2.11. The van der Waals surface area contributed by atoms with Crippen molar-refractivity contribution in [1.82, 2.24) is 4.98 Å². The van der Waals surface area contributed by atoms with Crippen molar-refractivity contribution in [2.45, 2.75) is 38.9 Å². The number of hydrogen-bond acceptors (Lipinski definition) is 5. The van der Waals surface area contributed by atoms with Crippen molar-refractivity contribution in [1.29, 1.82) is 0 Å². The zero-order valence-corrected chi connectivity index (χ0v) is 10.7. The van der Waals surface area contributed by atoms with Crippen molar-refractivity contribution in [2.75, 3.05) is 11.9 Å². The van der Waals surface area contributed by atoms with Crippen molar-refractivity contribution in [3.8, 4) is 0 Å². The first-order chi connectivity index (χ1) is 8.06. The number of aromatic nitrogens is 1. The van der Waals surface area contributed by atoms with E-state index in [0.29, 0.717) is 13.0 Å². The highest BCUT2D eigenvalue weighted by Crippen LogP contribution is 2.23. The van der Waals surface area contributed by atoms with E-state index in [1.165, 1.54) is 4.88 Å². The third-order valence-electron chi connectivity index (χ3n) is 2.89. The van der Waals surface area contributed by atoms with Gasteiger partial charge in [0, 0.05) is 11.4 Å². The number of anilines is 1. The average Bonchev–Trinajstić information content (AvgIpc) is 2.84. The summed E-state index contributed by atoms with van der Waals surface area (Å²) in [5.74, 6) is -0.867. The highest BCUT2D eigenvalue weighted by Gasteiger charge is 2.30. The number of carboxylic acids is 1. The van der Waals surface area contributed by atoms with Gasteiger partial charge in [-0.1, -0.05) is 0 Å². The summed E-state index contributed by atoms with van der Waals surface area (Å²) >= 11 is 1.61. The van der Waals surface area contributed by atoms with Gasteiger partial charge in [0.1, 0.15) is 0 Å². The first-order valence-electron chi connectivity index (χ1n) is 5.62. The van der Waals surface area contributed by atoms with E-state index in [1.807, 2.05) is 13.8 Å². The lowest BCUT2D eigenvalue weighted by Crippen LogP contribution is -2.24. The Morgan fingerprint density at radius 3 is 2.88 bits per heavy atom. The molecule has 1 saturated heterocycles. The molecule has 1 aromatic rings. The minimum absolute atomic E-state index is 0.0272. The van der Waals surface area contributed by atoms with Crippen LogP contribution in [0.15, 0.2) is 0 Å². The molecule has 6 heteroatoms. The van der Waals surface area contributed by atoms with Crippen molar-refractivity contribution in [3.05, 3.63) is 10.6 Å². The summed E-state index contributed by atoms with van der Waals surface area (Å²) in [6.07, 6.45) is 0.715. The Hall–Kier alpha value is -1.14. The summed E-state index contributed by atoms with van der Waals surface area (Å²) in [6, 6.07) is 0. The lowest BCUT2D eigenvalue weighted by molar-refractivity contribution is -0.149. The van der Waals surface area contributed by atoms with E-state index in [1.54, 1.807) is 11.3 Å². The second-order valence-electron chi connectivity index (χ2n) is 4.20. The first kappa shape index (κ1) is 12.3. The predicted octanol–water partition coefficient (Wildman–Crippen LogP) is 1.80. The van der Waals surface area contributed by atoms with E-state index < -0.39 is 12.1 Å². The second kappa shape index (κ2) is 5.01. The molecule has 1 aliphatic heterocycles. The van der Waals surface area contributed by atoms with Gasteiger partial charge in [0.05, 0.1) is 11.8 Å². The zero-order valence-electron chi connectivity index (χ0n) is 9.90. The van der Waals surface area contributed by atoms with Crippen LogP contribution >= 0.6 is 11.3 Å². The molecule has 0 saturated carbocycles. The van der Waals surface area contributed by atoms with Crippen LogP contribution in [0, 0.1) is 13.8 Å². The standard InChI is InChI=1S/C11H16N2O3S/c1-6-7(2)17-11(13-6)12-5-8-3-4-9(16-8)10(14)15/h8-9H,3-5H2,1-2H3,(H,12,13)(H,14,15). The number of hydrogen-bond donors (Lipinski definition) is 2. The molecule has 17 heavy (non-hydrogen) atoms. The van der Waals surface area contributed by atoms with Crippen molar-refractivity contribution in [2.24, 2.45) is 0 Å². The van der Waals surface area contributed by atoms with Crippen LogP contribution in [-0.2, 0) is 9.53 Å². The van der Waals surface area contributed by atoms with Crippen LogP contribution in [0.5, 0.6) is 0 Å².